The summed E-state index contributed by atoms with van der Waals surface area (Å²) in [6.45, 7) is 8.54. The van der Waals surface area contributed by atoms with E-state index in [9.17, 15) is 19.2 Å². The molecule has 2 aliphatic heterocycles. The summed E-state index contributed by atoms with van der Waals surface area (Å²) in [5.74, 6) is 10.00. The number of carbonyl (C=O) groups is 4. The molecule has 4 aromatic rings. The summed E-state index contributed by atoms with van der Waals surface area (Å²) in [7, 11) is 3.34. The predicted molar refractivity (Wildman–Crippen MR) is 254 cm³/mol. The van der Waals surface area contributed by atoms with Gasteiger partial charge in [0.25, 0.3) is 0 Å². The minimum atomic E-state index is -0.993. The van der Waals surface area contributed by atoms with E-state index in [-0.39, 0.29) is 48.9 Å². The third kappa shape index (κ3) is 14.3. The maximum Gasteiger partial charge on any atom is 0.248 e. The van der Waals surface area contributed by atoms with Crippen LogP contribution in [-0.2, 0) is 41.7 Å². The fourth-order valence-electron chi connectivity index (χ4n) is 7.62. The summed E-state index contributed by atoms with van der Waals surface area (Å²) in [4.78, 5) is 60.3. The fraction of sp³-hybridized carbons (Fsp3) is 0.522. The smallest absolute Gasteiger partial charge is 0.248 e. The Hall–Kier alpha value is -5.88. The first-order valence-corrected chi connectivity index (χ1v) is 24.3. The van der Waals surface area contributed by atoms with Gasteiger partial charge < -0.3 is 40.5 Å². The van der Waals surface area contributed by atoms with Crippen LogP contribution in [0.5, 0.6) is 0 Å². The van der Waals surface area contributed by atoms with Crippen molar-refractivity contribution >= 4 is 47.2 Å². The molecule has 20 nitrogen and oxygen atoms in total. The molecule has 22 heteroatoms. The van der Waals surface area contributed by atoms with E-state index in [0.717, 1.165) is 35.5 Å². The fourth-order valence-corrected chi connectivity index (χ4v) is 9.22. The molecule has 68 heavy (non-hydrogen) atoms. The van der Waals surface area contributed by atoms with Crippen molar-refractivity contribution in [2.75, 3.05) is 40.4 Å². The van der Waals surface area contributed by atoms with E-state index in [2.05, 4.69) is 76.0 Å². The average molecular weight is 969 g/mol. The molecule has 6 rings (SSSR count). The molecule has 0 saturated carbocycles. The minimum absolute atomic E-state index is 0.0667. The highest BCUT2D eigenvalue weighted by Gasteiger charge is 2.39. The van der Waals surface area contributed by atoms with Gasteiger partial charge in [-0.25, -0.2) is 9.36 Å². The van der Waals surface area contributed by atoms with Crippen LogP contribution in [-0.4, -0.2) is 163 Å². The Kier molecular flexibility index (Phi) is 19.7. The maximum absolute atomic E-state index is 14.2. The molecular weight excluding hydrogens is 909 g/mol. The molecule has 2 fully saturated rings. The molecule has 4 amide bonds. The number of likely N-dealkylation sites (tertiary alicyclic amines) is 2. The van der Waals surface area contributed by atoms with E-state index in [0.29, 0.717) is 36.5 Å². The van der Waals surface area contributed by atoms with E-state index in [4.69, 9.17) is 9.47 Å². The van der Waals surface area contributed by atoms with E-state index in [1.54, 1.807) is 61.0 Å². The Morgan fingerprint density at radius 1 is 0.647 bits per heavy atom. The summed E-state index contributed by atoms with van der Waals surface area (Å²) >= 11 is 2.88. The number of aromatic nitrogens is 8. The van der Waals surface area contributed by atoms with Crippen molar-refractivity contribution in [3.05, 3.63) is 60.7 Å². The molecule has 2 aromatic carbocycles. The number of nitrogens with one attached hydrogen (secondary N) is 4. The Labute approximate surface area is 405 Å². The van der Waals surface area contributed by atoms with Gasteiger partial charge in [0.1, 0.15) is 25.3 Å². The highest BCUT2D eigenvalue weighted by Crippen LogP contribution is 2.29. The van der Waals surface area contributed by atoms with Crippen molar-refractivity contribution < 1.29 is 28.7 Å². The van der Waals surface area contributed by atoms with Gasteiger partial charge in [0.15, 0.2) is 0 Å². The quantitative estimate of drug-likeness (QED) is 0.0822. The van der Waals surface area contributed by atoms with Crippen molar-refractivity contribution in [2.45, 2.75) is 135 Å². The number of tetrazole rings is 2. The van der Waals surface area contributed by atoms with Crippen LogP contribution in [0.1, 0.15) is 53.4 Å². The van der Waals surface area contributed by atoms with Crippen molar-refractivity contribution in [3.8, 4) is 23.7 Å². The molecule has 2 saturated heterocycles. The first-order chi connectivity index (χ1) is 33.0. The Balaban J connectivity index is 1.04. The predicted octanol–water partition coefficient (Wildman–Crippen LogP) is 1.65. The molecule has 4 heterocycles. The number of ether oxygens (including phenoxy) is 2. The molecule has 0 bridgehead atoms. The third-order valence-electron chi connectivity index (χ3n) is 11.8. The van der Waals surface area contributed by atoms with Crippen molar-refractivity contribution in [2.24, 2.45) is 0 Å². The van der Waals surface area contributed by atoms with Crippen LogP contribution >= 0.6 is 23.5 Å². The second kappa shape index (κ2) is 26.0. The molecule has 2 aromatic heterocycles. The molecule has 0 spiro atoms. The van der Waals surface area contributed by atoms with Gasteiger partial charge in [-0.15, -0.1) is 10.2 Å². The Bertz CT molecular complexity index is 2240. The summed E-state index contributed by atoms with van der Waals surface area (Å²) in [6, 6.07) is 16.1. The highest BCUT2D eigenvalue weighted by molar-refractivity contribution is 7.99. The molecular formula is C46H60N14O6S2. The van der Waals surface area contributed by atoms with E-state index in [1.165, 1.54) is 23.5 Å². The van der Waals surface area contributed by atoms with Gasteiger partial charge in [0.05, 0.1) is 49.5 Å². The first kappa shape index (κ1) is 51.5. The lowest BCUT2D eigenvalue weighted by atomic mass is 10.1. The Morgan fingerprint density at radius 3 is 1.43 bits per heavy atom. The normalized spacial score (nSPS) is 18.3. The number of benzene rings is 2. The third-order valence-corrected chi connectivity index (χ3v) is 13.8. The van der Waals surface area contributed by atoms with Crippen LogP contribution in [0.25, 0.3) is 0 Å². The van der Waals surface area contributed by atoms with Gasteiger partial charge in [-0.05, 0) is 148 Å². The number of likely N-dealkylation sites (N-methyl/N-ethyl adjacent to an activating group) is 2. The zero-order valence-electron chi connectivity index (χ0n) is 39.2. The second-order valence-electron chi connectivity index (χ2n) is 16.4. The number of rotatable bonds is 22. The standard InChI is InChI=1S/C46H60N14O6S2/c1-31(47-5)41(61)49-39(43(63)57-25-17-19-35(57)29-59-45(51-53-55-59)67-37-21-11-9-12-22-37)33(3)65-27-15-7-8-16-28-66-34(4)40(50-42(62)32(2)48-6)44(64)58-26-18-20-36(58)30-60-46(52-54-56-60)68-38-23-13-10-14-24-38/h9-14,21-24,31-36,39-40,47-48H,17-20,25-30H2,1-6H3,(H,49,61)(H,50,62)/t31-,32-,33?,34?,35-,36-,39-,40-/m0/s1. The van der Waals surface area contributed by atoms with Crippen molar-refractivity contribution in [1.29, 1.82) is 0 Å². The highest BCUT2D eigenvalue weighted by atomic mass is 32.2. The average Bonchev–Trinajstić information content (AvgIpc) is 4.20. The number of nitrogens with zero attached hydrogens (tertiary/aromatic N) is 10. The van der Waals surface area contributed by atoms with Crippen LogP contribution < -0.4 is 21.3 Å². The van der Waals surface area contributed by atoms with Crippen LogP contribution in [0, 0.1) is 23.7 Å². The SMILES string of the molecule is CN[C@@H](C)C(=O)N[C@H](C(=O)N1CCC[C@H]1Cn1nnnc1Sc1ccccc1)C(C)OCC#CC#CCOC(C)[C@H](NC(=O)[C@H](C)NC)C(=O)N1CCC[C@H]1Cn1nnnc1Sc1ccccc1. The van der Waals surface area contributed by atoms with Crippen LogP contribution in [0.3, 0.4) is 0 Å². The summed E-state index contributed by atoms with van der Waals surface area (Å²) in [5.41, 5.74) is 0. The summed E-state index contributed by atoms with van der Waals surface area (Å²) in [5, 5.41) is 37.5. The largest absolute Gasteiger partial charge is 0.363 e. The zero-order chi connectivity index (χ0) is 48.4. The van der Waals surface area contributed by atoms with Gasteiger partial charge >= 0.3 is 0 Å². The van der Waals surface area contributed by atoms with Crippen LogP contribution in [0.15, 0.2) is 80.8 Å². The van der Waals surface area contributed by atoms with Crippen LogP contribution in [0.2, 0.25) is 0 Å². The number of amides is 4. The minimum Gasteiger partial charge on any atom is -0.363 e. The van der Waals surface area contributed by atoms with E-state index < -0.39 is 36.4 Å². The van der Waals surface area contributed by atoms with Gasteiger partial charge in [-0.3, -0.25) is 19.2 Å². The van der Waals surface area contributed by atoms with Gasteiger partial charge in [0.2, 0.25) is 33.9 Å². The monoisotopic (exact) mass is 968 g/mol. The van der Waals surface area contributed by atoms with E-state index >= 15 is 0 Å². The molecule has 4 N–H and O–H groups in total. The second-order valence-corrected chi connectivity index (χ2v) is 18.5. The lowest BCUT2D eigenvalue weighted by molar-refractivity contribution is -0.142. The molecule has 0 aliphatic carbocycles. The number of hydrogen-bond donors (Lipinski definition) is 4. The molecule has 2 unspecified atom stereocenters. The van der Waals surface area contributed by atoms with E-state index in [1.807, 2.05) is 60.7 Å². The Morgan fingerprint density at radius 2 is 1.04 bits per heavy atom. The van der Waals surface area contributed by atoms with Crippen molar-refractivity contribution in [3.63, 3.8) is 0 Å². The molecule has 8 atom stereocenters. The van der Waals surface area contributed by atoms with Gasteiger partial charge in [0, 0.05) is 22.9 Å². The summed E-state index contributed by atoms with van der Waals surface area (Å²) in [6.07, 6.45) is 1.58. The molecule has 0 radical (unpaired) electrons. The molecule has 362 valence electrons. The number of carbonyl (C=O) groups excluding carboxylic acids is 4. The first-order valence-electron chi connectivity index (χ1n) is 22.7. The number of hydrogen-bond acceptors (Lipinski definition) is 16. The maximum atomic E-state index is 14.2. The summed E-state index contributed by atoms with van der Waals surface area (Å²) < 4.78 is 15.5. The van der Waals surface area contributed by atoms with Crippen molar-refractivity contribution in [1.82, 2.24) is 71.5 Å². The van der Waals surface area contributed by atoms with Gasteiger partial charge in [-0.1, -0.05) is 48.2 Å². The lowest BCUT2D eigenvalue weighted by Crippen LogP contribution is -2.58. The zero-order valence-corrected chi connectivity index (χ0v) is 40.8. The van der Waals surface area contributed by atoms with Crippen LogP contribution in [0.4, 0.5) is 0 Å². The molecule has 2 aliphatic rings. The topological polar surface area (TPSA) is 229 Å². The lowest BCUT2D eigenvalue weighted by Gasteiger charge is -2.32. The van der Waals surface area contributed by atoms with Gasteiger partial charge in [-0.2, -0.15) is 0 Å².